The molecular weight excluding hydrogens is 192 g/mol. The average Bonchev–Trinajstić information content (AvgIpc) is 2.84. The van der Waals surface area contributed by atoms with Crippen LogP contribution in [0, 0.1) is 6.92 Å². The molecule has 2 heterocycles. The van der Waals surface area contributed by atoms with E-state index in [2.05, 4.69) is 20.5 Å². The number of aromatic nitrogens is 3. The van der Waals surface area contributed by atoms with Crippen LogP contribution in [0.1, 0.15) is 17.4 Å². The Morgan fingerprint density at radius 2 is 2.47 bits per heavy atom. The second kappa shape index (κ2) is 4.75. The minimum absolute atomic E-state index is 0.746. The highest BCUT2D eigenvalue weighted by Gasteiger charge is 1.99. The molecule has 0 fully saturated rings. The maximum atomic E-state index is 5.19. The van der Waals surface area contributed by atoms with Gasteiger partial charge in [0, 0.05) is 13.0 Å². The van der Waals surface area contributed by atoms with Crippen molar-refractivity contribution < 1.29 is 4.42 Å². The molecule has 0 aromatic carbocycles. The first-order chi connectivity index (χ1) is 7.34. The number of H-pyrrole nitrogens is 1. The lowest BCUT2D eigenvalue weighted by Crippen LogP contribution is -2.16. The zero-order valence-electron chi connectivity index (χ0n) is 8.66. The summed E-state index contributed by atoms with van der Waals surface area (Å²) < 4.78 is 5.19. The monoisotopic (exact) mass is 206 g/mol. The highest BCUT2D eigenvalue weighted by Crippen LogP contribution is 1.98. The van der Waals surface area contributed by atoms with Gasteiger partial charge in [-0.25, -0.2) is 4.98 Å². The number of aryl methyl sites for hydroxylation is 1. The van der Waals surface area contributed by atoms with Crippen LogP contribution in [0.3, 0.4) is 0 Å². The third-order valence-corrected chi connectivity index (χ3v) is 2.05. The largest absolute Gasteiger partial charge is 0.468 e. The van der Waals surface area contributed by atoms with Crippen molar-refractivity contribution >= 4 is 0 Å². The number of hydrogen-bond acceptors (Lipinski definition) is 4. The van der Waals surface area contributed by atoms with E-state index in [0.717, 1.165) is 36.9 Å². The Morgan fingerprint density at radius 1 is 1.53 bits per heavy atom. The first-order valence-corrected chi connectivity index (χ1v) is 4.95. The van der Waals surface area contributed by atoms with Crippen molar-refractivity contribution in [2.45, 2.75) is 19.9 Å². The predicted octanol–water partition coefficient (Wildman–Crippen LogP) is 1.04. The maximum absolute atomic E-state index is 5.19. The normalized spacial score (nSPS) is 10.7. The van der Waals surface area contributed by atoms with Crippen LogP contribution in [0.15, 0.2) is 22.8 Å². The molecule has 0 atom stereocenters. The lowest BCUT2D eigenvalue weighted by atomic mass is 10.4. The van der Waals surface area contributed by atoms with Crippen LogP contribution >= 0.6 is 0 Å². The van der Waals surface area contributed by atoms with Crippen molar-refractivity contribution in [1.82, 2.24) is 20.5 Å². The molecule has 15 heavy (non-hydrogen) atoms. The number of aromatic amines is 1. The Morgan fingerprint density at radius 3 is 3.13 bits per heavy atom. The predicted molar refractivity (Wildman–Crippen MR) is 55.2 cm³/mol. The van der Waals surface area contributed by atoms with Gasteiger partial charge in [0.15, 0.2) is 5.82 Å². The molecule has 2 aromatic rings. The van der Waals surface area contributed by atoms with Crippen LogP contribution in [0.5, 0.6) is 0 Å². The number of hydrogen-bond donors (Lipinski definition) is 2. The lowest BCUT2D eigenvalue weighted by molar-refractivity contribution is 0.483. The molecule has 2 aromatic heterocycles. The number of furan rings is 1. The highest BCUT2D eigenvalue weighted by atomic mass is 16.3. The van der Waals surface area contributed by atoms with Gasteiger partial charge in [-0.3, -0.25) is 5.10 Å². The third-order valence-electron chi connectivity index (χ3n) is 2.05. The zero-order chi connectivity index (χ0) is 10.5. The number of rotatable bonds is 5. The van der Waals surface area contributed by atoms with Crippen molar-refractivity contribution in [3.63, 3.8) is 0 Å². The molecule has 0 aliphatic heterocycles. The summed E-state index contributed by atoms with van der Waals surface area (Å²) in [5.41, 5.74) is 0. The Hall–Kier alpha value is -1.62. The van der Waals surface area contributed by atoms with Gasteiger partial charge in [0.25, 0.3) is 0 Å². The summed E-state index contributed by atoms with van der Waals surface area (Å²) in [6.07, 6.45) is 2.50. The van der Waals surface area contributed by atoms with Gasteiger partial charge in [-0.15, -0.1) is 0 Å². The van der Waals surface area contributed by atoms with E-state index < -0.39 is 0 Å². The standard InChI is InChI=1S/C10H14N4O/c1-8-12-10(14-13-8)4-5-11-7-9-3-2-6-15-9/h2-3,6,11H,4-5,7H2,1H3,(H,12,13,14). The summed E-state index contributed by atoms with van der Waals surface area (Å²) in [6.45, 7) is 3.49. The first kappa shape index (κ1) is 9.92. The number of nitrogens with one attached hydrogen (secondary N) is 2. The molecule has 0 unspecified atom stereocenters. The maximum Gasteiger partial charge on any atom is 0.151 e. The molecular formula is C10H14N4O. The van der Waals surface area contributed by atoms with Crippen LogP contribution in [0.4, 0.5) is 0 Å². The van der Waals surface area contributed by atoms with Crippen molar-refractivity contribution in [1.29, 1.82) is 0 Å². The Kier molecular flexibility index (Phi) is 3.14. The number of nitrogens with zero attached hydrogens (tertiary/aromatic N) is 2. The molecule has 0 amide bonds. The van der Waals surface area contributed by atoms with Crippen LogP contribution in [-0.4, -0.2) is 21.7 Å². The van der Waals surface area contributed by atoms with E-state index in [9.17, 15) is 0 Å². The fraction of sp³-hybridized carbons (Fsp3) is 0.400. The SMILES string of the molecule is Cc1nc(CCNCc2ccco2)n[nH]1. The molecule has 5 heteroatoms. The zero-order valence-corrected chi connectivity index (χ0v) is 8.66. The minimum Gasteiger partial charge on any atom is -0.468 e. The Balaban J connectivity index is 1.67. The third kappa shape index (κ3) is 2.92. The summed E-state index contributed by atoms with van der Waals surface area (Å²) in [5, 5.41) is 10.1. The molecule has 0 aliphatic carbocycles. The molecule has 5 nitrogen and oxygen atoms in total. The van der Waals surface area contributed by atoms with Crippen LogP contribution in [0.25, 0.3) is 0 Å². The summed E-state index contributed by atoms with van der Waals surface area (Å²) in [6, 6.07) is 3.83. The topological polar surface area (TPSA) is 66.7 Å². The van der Waals surface area contributed by atoms with E-state index >= 15 is 0 Å². The van der Waals surface area contributed by atoms with Gasteiger partial charge in [-0.05, 0) is 19.1 Å². The van der Waals surface area contributed by atoms with E-state index in [1.807, 2.05) is 19.1 Å². The highest BCUT2D eigenvalue weighted by molar-refractivity contribution is 4.97. The second-order valence-electron chi connectivity index (χ2n) is 3.34. The van der Waals surface area contributed by atoms with Crippen molar-refractivity contribution in [2.75, 3.05) is 6.54 Å². The van der Waals surface area contributed by atoms with Crippen molar-refractivity contribution in [3.8, 4) is 0 Å². The summed E-state index contributed by atoms with van der Waals surface area (Å²) in [4.78, 5) is 4.22. The van der Waals surface area contributed by atoms with Gasteiger partial charge in [0.2, 0.25) is 0 Å². The summed E-state index contributed by atoms with van der Waals surface area (Å²) in [5.74, 6) is 2.65. The molecule has 0 radical (unpaired) electrons. The molecule has 0 saturated heterocycles. The molecule has 80 valence electrons. The Bertz CT molecular complexity index is 393. The van der Waals surface area contributed by atoms with Gasteiger partial charge in [-0.2, -0.15) is 5.10 Å². The molecule has 2 N–H and O–H groups in total. The second-order valence-corrected chi connectivity index (χ2v) is 3.34. The van der Waals surface area contributed by atoms with Crippen LogP contribution < -0.4 is 5.32 Å². The van der Waals surface area contributed by atoms with E-state index in [1.54, 1.807) is 6.26 Å². The van der Waals surface area contributed by atoms with Crippen LogP contribution in [0.2, 0.25) is 0 Å². The van der Waals surface area contributed by atoms with E-state index in [-0.39, 0.29) is 0 Å². The van der Waals surface area contributed by atoms with E-state index in [1.165, 1.54) is 0 Å². The molecule has 0 aliphatic rings. The molecule has 2 rings (SSSR count). The van der Waals surface area contributed by atoms with E-state index in [0.29, 0.717) is 0 Å². The van der Waals surface area contributed by atoms with Gasteiger partial charge >= 0.3 is 0 Å². The summed E-state index contributed by atoms with van der Waals surface area (Å²) >= 11 is 0. The van der Waals surface area contributed by atoms with Crippen LogP contribution in [-0.2, 0) is 13.0 Å². The smallest absolute Gasteiger partial charge is 0.151 e. The minimum atomic E-state index is 0.746. The Labute approximate surface area is 87.9 Å². The van der Waals surface area contributed by atoms with Crippen molar-refractivity contribution in [3.05, 3.63) is 35.8 Å². The van der Waals surface area contributed by atoms with Gasteiger partial charge in [-0.1, -0.05) is 0 Å². The molecule has 0 spiro atoms. The van der Waals surface area contributed by atoms with Crippen molar-refractivity contribution in [2.24, 2.45) is 0 Å². The fourth-order valence-electron chi connectivity index (χ4n) is 1.33. The lowest BCUT2D eigenvalue weighted by Gasteiger charge is -1.99. The average molecular weight is 206 g/mol. The molecule has 0 bridgehead atoms. The summed E-state index contributed by atoms with van der Waals surface area (Å²) in [7, 11) is 0. The van der Waals surface area contributed by atoms with Gasteiger partial charge in [0.05, 0.1) is 12.8 Å². The molecule has 0 saturated carbocycles. The van der Waals surface area contributed by atoms with E-state index in [4.69, 9.17) is 4.42 Å². The van der Waals surface area contributed by atoms with Gasteiger partial charge < -0.3 is 9.73 Å². The van der Waals surface area contributed by atoms with Gasteiger partial charge in [0.1, 0.15) is 11.6 Å². The fourth-order valence-corrected chi connectivity index (χ4v) is 1.33. The first-order valence-electron chi connectivity index (χ1n) is 4.95. The quantitative estimate of drug-likeness (QED) is 0.717.